The molecule has 6 heteroatoms. The van der Waals surface area contributed by atoms with Crippen LogP contribution < -0.4 is 10.3 Å². The zero-order valence-corrected chi connectivity index (χ0v) is 17.5. The van der Waals surface area contributed by atoms with Crippen LogP contribution >= 0.6 is 0 Å². The van der Waals surface area contributed by atoms with E-state index in [0.717, 1.165) is 67.1 Å². The van der Waals surface area contributed by atoms with Gasteiger partial charge in [0.25, 0.3) is 0 Å². The first-order valence-electron chi connectivity index (χ1n) is 10.8. The molecular formula is C25H26N4O2. The Bertz CT molecular complexity index is 1240. The zero-order chi connectivity index (χ0) is 21.0. The third kappa shape index (κ3) is 4.76. The van der Waals surface area contributed by atoms with Crippen LogP contribution in [0.5, 0.6) is 5.75 Å². The fourth-order valence-electron chi connectivity index (χ4n) is 4.11. The second-order valence-electron chi connectivity index (χ2n) is 8.03. The Kier molecular flexibility index (Phi) is 5.65. The first-order valence-corrected chi connectivity index (χ1v) is 10.8. The van der Waals surface area contributed by atoms with Crippen LogP contribution in [0.2, 0.25) is 0 Å². The second-order valence-corrected chi connectivity index (χ2v) is 8.03. The minimum absolute atomic E-state index is 0.0959. The minimum atomic E-state index is -0.0959. The highest BCUT2D eigenvalue weighted by Crippen LogP contribution is 2.18. The number of H-pyrrole nitrogens is 1. The first kappa shape index (κ1) is 19.7. The number of hydrogen-bond acceptors (Lipinski definition) is 5. The van der Waals surface area contributed by atoms with E-state index in [0.29, 0.717) is 6.61 Å². The first-order chi connectivity index (χ1) is 15.2. The molecule has 0 saturated carbocycles. The lowest BCUT2D eigenvalue weighted by atomic mass is 10.2. The number of pyridine rings is 2. The van der Waals surface area contributed by atoms with E-state index in [1.54, 1.807) is 6.07 Å². The van der Waals surface area contributed by atoms with Crippen LogP contribution in [0.1, 0.15) is 5.69 Å². The van der Waals surface area contributed by atoms with Crippen LogP contribution in [0.15, 0.2) is 71.5 Å². The molecule has 2 aromatic carbocycles. The summed E-state index contributed by atoms with van der Waals surface area (Å²) in [5.74, 6) is 0.787. The minimum Gasteiger partial charge on any atom is -0.492 e. The molecule has 1 aliphatic heterocycles. The molecular weight excluding hydrogens is 388 g/mol. The summed E-state index contributed by atoms with van der Waals surface area (Å²) < 4.78 is 5.93. The molecule has 1 aliphatic rings. The lowest BCUT2D eigenvalue weighted by molar-refractivity contribution is 0.112. The topological polar surface area (TPSA) is 61.5 Å². The van der Waals surface area contributed by atoms with Crippen molar-refractivity contribution in [3.63, 3.8) is 0 Å². The average molecular weight is 415 g/mol. The van der Waals surface area contributed by atoms with Crippen molar-refractivity contribution in [2.24, 2.45) is 0 Å². The Morgan fingerprint density at radius 3 is 2.55 bits per heavy atom. The van der Waals surface area contributed by atoms with E-state index in [2.05, 4.69) is 39.0 Å². The molecule has 6 nitrogen and oxygen atoms in total. The van der Waals surface area contributed by atoms with Gasteiger partial charge in [0.1, 0.15) is 12.4 Å². The van der Waals surface area contributed by atoms with Crippen LogP contribution in [0.25, 0.3) is 21.8 Å². The summed E-state index contributed by atoms with van der Waals surface area (Å²) >= 11 is 0. The number of aromatic amines is 1. The Morgan fingerprint density at radius 1 is 0.871 bits per heavy atom. The fraction of sp³-hybridized carbons (Fsp3) is 0.280. The molecule has 1 fully saturated rings. The quantitative estimate of drug-likeness (QED) is 0.525. The Hall–Kier alpha value is -3.22. The van der Waals surface area contributed by atoms with Gasteiger partial charge in [-0.05, 0) is 35.7 Å². The van der Waals surface area contributed by atoms with E-state index >= 15 is 0 Å². The zero-order valence-electron chi connectivity index (χ0n) is 17.5. The molecule has 0 spiro atoms. The molecule has 0 unspecified atom stereocenters. The van der Waals surface area contributed by atoms with Gasteiger partial charge < -0.3 is 9.72 Å². The van der Waals surface area contributed by atoms with Gasteiger partial charge in [-0.2, -0.15) is 0 Å². The molecule has 31 heavy (non-hydrogen) atoms. The molecule has 1 N–H and O–H groups in total. The van der Waals surface area contributed by atoms with Gasteiger partial charge in [0.2, 0.25) is 5.56 Å². The largest absolute Gasteiger partial charge is 0.492 e. The Balaban J connectivity index is 1.09. The number of nitrogens with one attached hydrogen (secondary N) is 1. The lowest BCUT2D eigenvalue weighted by Crippen LogP contribution is -2.47. The van der Waals surface area contributed by atoms with E-state index in [9.17, 15) is 4.79 Å². The summed E-state index contributed by atoms with van der Waals surface area (Å²) in [5.41, 5.74) is 2.90. The van der Waals surface area contributed by atoms with Gasteiger partial charge in [0.15, 0.2) is 0 Å². The van der Waals surface area contributed by atoms with Crippen LogP contribution in [0, 0.1) is 0 Å². The van der Waals surface area contributed by atoms with E-state index in [1.165, 1.54) is 5.39 Å². The number of benzene rings is 2. The monoisotopic (exact) mass is 414 g/mol. The van der Waals surface area contributed by atoms with E-state index in [4.69, 9.17) is 9.72 Å². The maximum absolute atomic E-state index is 11.5. The number of nitrogens with zero attached hydrogens (tertiary/aromatic N) is 3. The van der Waals surface area contributed by atoms with Crippen LogP contribution in [-0.2, 0) is 6.54 Å². The molecule has 2 aromatic heterocycles. The highest BCUT2D eigenvalue weighted by Gasteiger charge is 2.17. The van der Waals surface area contributed by atoms with Crippen LogP contribution in [0.3, 0.4) is 0 Å². The number of fused-ring (bicyclic) bond motifs is 2. The van der Waals surface area contributed by atoms with Crippen molar-refractivity contribution in [3.05, 3.63) is 82.8 Å². The number of piperazine rings is 1. The number of rotatable bonds is 6. The number of aromatic nitrogens is 2. The van der Waals surface area contributed by atoms with Crippen molar-refractivity contribution in [1.29, 1.82) is 0 Å². The standard InChI is InChI=1S/C25H26N4O2/c30-25-10-7-20-6-9-22(17-24(20)27-25)31-16-15-28-11-13-29(14-12-28)18-21-8-5-19-3-1-2-4-23(19)26-21/h1-10,17H,11-16,18H2,(H,27,30). The fourth-order valence-corrected chi connectivity index (χ4v) is 4.11. The Labute approximate surface area is 181 Å². The highest BCUT2D eigenvalue weighted by molar-refractivity contribution is 5.79. The number of para-hydroxylation sites is 1. The summed E-state index contributed by atoms with van der Waals surface area (Å²) in [6.45, 7) is 6.55. The molecule has 0 radical (unpaired) electrons. The maximum atomic E-state index is 11.5. The molecule has 1 saturated heterocycles. The summed E-state index contributed by atoms with van der Waals surface area (Å²) in [7, 11) is 0. The van der Waals surface area contributed by atoms with E-state index < -0.39 is 0 Å². The van der Waals surface area contributed by atoms with Crippen LogP contribution in [-0.4, -0.2) is 59.1 Å². The van der Waals surface area contributed by atoms with Crippen molar-refractivity contribution in [2.75, 3.05) is 39.3 Å². The molecule has 0 aliphatic carbocycles. The highest BCUT2D eigenvalue weighted by atomic mass is 16.5. The number of ether oxygens (including phenoxy) is 1. The smallest absolute Gasteiger partial charge is 0.248 e. The van der Waals surface area contributed by atoms with Crippen molar-refractivity contribution in [2.45, 2.75) is 6.54 Å². The van der Waals surface area contributed by atoms with Gasteiger partial charge in [-0.25, -0.2) is 0 Å². The van der Waals surface area contributed by atoms with Crippen molar-refractivity contribution >= 4 is 21.8 Å². The molecule has 0 amide bonds. The van der Waals surface area contributed by atoms with E-state index in [1.807, 2.05) is 36.4 Å². The van der Waals surface area contributed by atoms with Crippen LogP contribution in [0.4, 0.5) is 0 Å². The van der Waals surface area contributed by atoms with Gasteiger partial charge in [0.05, 0.1) is 16.7 Å². The lowest BCUT2D eigenvalue weighted by Gasteiger charge is -2.34. The predicted molar refractivity (Wildman–Crippen MR) is 124 cm³/mol. The Morgan fingerprint density at radius 2 is 1.65 bits per heavy atom. The summed E-state index contributed by atoms with van der Waals surface area (Å²) in [6, 6.07) is 21.7. The van der Waals surface area contributed by atoms with E-state index in [-0.39, 0.29) is 5.56 Å². The predicted octanol–water partition coefficient (Wildman–Crippen LogP) is 3.27. The summed E-state index contributed by atoms with van der Waals surface area (Å²) in [6.07, 6.45) is 0. The van der Waals surface area contributed by atoms with Gasteiger partial charge >= 0.3 is 0 Å². The SMILES string of the molecule is O=c1ccc2ccc(OCCN3CCN(Cc4ccc5ccccc5n4)CC3)cc2[nH]1. The maximum Gasteiger partial charge on any atom is 0.248 e. The summed E-state index contributed by atoms with van der Waals surface area (Å²) in [4.78, 5) is 24.1. The molecule has 5 rings (SSSR count). The third-order valence-corrected chi connectivity index (χ3v) is 5.88. The molecule has 4 aromatic rings. The summed E-state index contributed by atoms with van der Waals surface area (Å²) in [5, 5.41) is 2.19. The average Bonchev–Trinajstić information content (AvgIpc) is 2.80. The number of hydrogen-bond donors (Lipinski definition) is 1. The van der Waals surface area contributed by atoms with Crippen molar-refractivity contribution < 1.29 is 4.74 Å². The van der Waals surface area contributed by atoms with Gasteiger partial charge in [-0.1, -0.05) is 24.3 Å². The van der Waals surface area contributed by atoms with Crippen molar-refractivity contribution in [1.82, 2.24) is 19.8 Å². The normalized spacial score (nSPS) is 15.5. The van der Waals surface area contributed by atoms with Gasteiger partial charge in [-0.15, -0.1) is 0 Å². The molecule has 0 atom stereocenters. The third-order valence-electron chi connectivity index (χ3n) is 5.88. The van der Waals surface area contributed by atoms with Gasteiger partial charge in [-0.3, -0.25) is 19.6 Å². The molecule has 3 heterocycles. The molecule has 0 bridgehead atoms. The van der Waals surface area contributed by atoms with Crippen molar-refractivity contribution in [3.8, 4) is 5.75 Å². The molecule has 158 valence electrons. The van der Waals surface area contributed by atoms with Gasteiger partial charge in [0, 0.05) is 56.8 Å². The second kappa shape index (κ2) is 8.88.